The van der Waals surface area contributed by atoms with Gasteiger partial charge in [-0.25, -0.2) is 0 Å². The number of likely N-dealkylation sites (N-methyl/N-ethyl adjacent to an activating group) is 1. The van der Waals surface area contributed by atoms with Crippen LogP contribution in [-0.2, 0) is 4.74 Å². The van der Waals surface area contributed by atoms with Crippen molar-refractivity contribution in [3.63, 3.8) is 0 Å². The molecule has 0 saturated carbocycles. The van der Waals surface area contributed by atoms with E-state index in [0.29, 0.717) is 17.1 Å². The van der Waals surface area contributed by atoms with Crippen molar-refractivity contribution in [3.8, 4) is 11.5 Å². The molecule has 0 aromatic heterocycles. The average Bonchev–Trinajstić information content (AvgIpc) is 2.41. The molecule has 1 aromatic rings. The smallest absolute Gasteiger partial charge is 0.411 e. The highest BCUT2D eigenvalue weighted by molar-refractivity contribution is 5.42. The van der Waals surface area contributed by atoms with Crippen LogP contribution in [0, 0.1) is 0 Å². The zero-order valence-electron chi connectivity index (χ0n) is 11.6. The number of ether oxygens (including phenoxy) is 3. The van der Waals surface area contributed by atoms with Gasteiger partial charge in [0.2, 0.25) is 0 Å². The van der Waals surface area contributed by atoms with E-state index < -0.39 is 18.8 Å². The van der Waals surface area contributed by atoms with Gasteiger partial charge in [-0.2, -0.15) is 13.2 Å². The Balaban J connectivity index is 2.82. The van der Waals surface area contributed by atoms with Crippen LogP contribution in [-0.4, -0.2) is 40.7 Å². The van der Waals surface area contributed by atoms with Crippen molar-refractivity contribution in [2.24, 2.45) is 0 Å². The van der Waals surface area contributed by atoms with Gasteiger partial charge in [0, 0.05) is 5.56 Å². The molecule has 0 fully saturated rings. The first kappa shape index (κ1) is 16.6. The summed E-state index contributed by atoms with van der Waals surface area (Å²) in [5.41, 5.74) is 0.677. The highest BCUT2D eigenvalue weighted by atomic mass is 19.4. The highest BCUT2D eigenvalue weighted by Crippen LogP contribution is 2.29. The van der Waals surface area contributed by atoms with E-state index in [1.165, 1.54) is 14.2 Å². The molecule has 1 N–H and O–H groups in total. The maximum absolute atomic E-state index is 12.1. The number of benzene rings is 1. The van der Waals surface area contributed by atoms with Gasteiger partial charge in [-0.1, -0.05) is 0 Å². The molecular formula is C13H18F3NO3. The Morgan fingerprint density at radius 1 is 1.20 bits per heavy atom. The van der Waals surface area contributed by atoms with Gasteiger partial charge in [-0.3, -0.25) is 0 Å². The van der Waals surface area contributed by atoms with Crippen molar-refractivity contribution in [2.75, 3.05) is 34.5 Å². The minimum absolute atomic E-state index is 0.125. The molecule has 7 heteroatoms. The number of rotatable bonds is 7. The summed E-state index contributed by atoms with van der Waals surface area (Å²) >= 11 is 0. The second-order valence-electron chi connectivity index (χ2n) is 4.08. The van der Waals surface area contributed by atoms with Crippen molar-refractivity contribution in [3.05, 3.63) is 23.8 Å². The van der Waals surface area contributed by atoms with Crippen LogP contribution in [0.1, 0.15) is 11.6 Å². The molecule has 1 unspecified atom stereocenters. The summed E-state index contributed by atoms with van der Waals surface area (Å²) in [7, 11) is 4.65. The Labute approximate surface area is 115 Å². The van der Waals surface area contributed by atoms with E-state index >= 15 is 0 Å². The van der Waals surface area contributed by atoms with Gasteiger partial charge in [0.1, 0.15) is 18.1 Å². The van der Waals surface area contributed by atoms with Crippen LogP contribution in [0.5, 0.6) is 11.5 Å². The summed E-state index contributed by atoms with van der Waals surface area (Å²) in [6.45, 7) is -1.41. The van der Waals surface area contributed by atoms with Gasteiger partial charge in [0.05, 0.1) is 26.9 Å². The third-order valence-electron chi connectivity index (χ3n) is 2.71. The van der Waals surface area contributed by atoms with Crippen molar-refractivity contribution in [2.45, 2.75) is 12.2 Å². The first-order valence-corrected chi connectivity index (χ1v) is 5.95. The van der Waals surface area contributed by atoms with E-state index in [9.17, 15) is 13.2 Å². The van der Waals surface area contributed by atoms with Gasteiger partial charge in [-0.15, -0.1) is 0 Å². The SMILES string of the molecule is CNC(COCC(F)(F)F)c1cc(OC)ccc1OC. The Bertz CT molecular complexity index is 424. The van der Waals surface area contributed by atoms with E-state index in [2.05, 4.69) is 5.32 Å². The Kier molecular flexibility index (Phi) is 6.09. The first-order valence-electron chi connectivity index (χ1n) is 5.95. The van der Waals surface area contributed by atoms with Crippen LogP contribution in [0.3, 0.4) is 0 Å². The van der Waals surface area contributed by atoms with Gasteiger partial charge in [0.25, 0.3) is 0 Å². The number of hydrogen-bond acceptors (Lipinski definition) is 4. The normalized spacial score (nSPS) is 13.1. The van der Waals surface area contributed by atoms with Crippen LogP contribution in [0.2, 0.25) is 0 Å². The van der Waals surface area contributed by atoms with E-state index in [-0.39, 0.29) is 6.61 Å². The number of nitrogens with one attached hydrogen (secondary N) is 1. The standard InChI is InChI=1S/C13H18F3NO3/c1-17-11(7-20-8-13(14,15)16)10-6-9(18-2)4-5-12(10)19-3/h4-6,11,17H,7-8H2,1-3H3. The highest BCUT2D eigenvalue weighted by Gasteiger charge is 2.28. The zero-order valence-corrected chi connectivity index (χ0v) is 11.6. The quantitative estimate of drug-likeness (QED) is 0.838. The lowest BCUT2D eigenvalue weighted by Gasteiger charge is -2.20. The number of hydrogen-bond donors (Lipinski definition) is 1. The molecule has 0 aliphatic rings. The maximum atomic E-state index is 12.1. The molecule has 0 spiro atoms. The molecule has 0 aliphatic carbocycles. The van der Waals surface area contributed by atoms with E-state index in [4.69, 9.17) is 14.2 Å². The predicted molar refractivity (Wildman–Crippen MR) is 68.2 cm³/mol. The summed E-state index contributed by atoms with van der Waals surface area (Å²) in [4.78, 5) is 0. The Morgan fingerprint density at radius 2 is 1.90 bits per heavy atom. The molecule has 1 rings (SSSR count). The Hall–Kier alpha value is -1.47. The molecule has 0 bridgehead atoms. The fourth-order valence-corrected chi connectivity index (χ4v) is 1.73. The molecule has 4 nitrogen and oxygen atoms in total. The van der Waals surface area contributed by atoms with Crippen LogP contribution in [0.15, 0.2) is 18.2 Å². The lowest BCUT2D eigenvalue weighted by molar-refractivity contribution is -0.175. The first-order chi connectivity index (χ1) is 9.41. The largest absolute Gasteiger partial charge is 0.497 e. The molecule has 1 aromatic carbocycles. The third kappa shape index (κ3) is 4.90. The maximum Gasteiger partial charge on any atom is 0.411 e. The van der Waals surface area contributed by atoms with Crippen LogP contribution < -0.4 is 14.8 Å². The van der Waals surface area contributed by atoms with Gasteiger partial charge >= 0.3 is 6.18 Å². The molecule has 0 radical (unpaired) electrons. The molecular weight excluding hydrogens is 275 g/mol. The molecule has 20 heavy (non-hydrogen) atoms. The lowest BCUT2D eigenvalue weighted by atomic mass is 10.1. The van der Waals surface area contributed by atoms with Gasteiger partial charge in [0.15, 0.2) is 0 Å². The summed E-state index contributed by atoms with van der Waals surface area (Å²) < 4.78 is 51.3. The number of halogens is 3. The fraction of sp³-hybridized carbons (Fsp3) is 0.538. The van der Waals surface area contributed by atoms with Crippen molar-refractivity contribution >= 4 is 0 Å². The number of alkyl halides is 3. The van der Waals surface area contributed by atoms with Gasteiger partial charge < -0.3 is 19.5 Å². The van der Waals surface area contributed by atoms with Crippen molar-refractivity contribution < 1.29 is 27.4 Å². The minimum atomic E-state index is -4.34. The summed E-state index contributed by atoms with van der Waals surface area (Å²) in [5.74, 6) is 1.15. The molecule has 0 aliphatic heterocycles. The predicted octanol–water partition coefficient (Wildman–Crippen LogP) is 2.54. The zero-order chi connectivity index (χ0) is 15.2. The molecule has 1 atom stereocenters. The second-order valence-corrected chi connectivity index (χ2v) is 4.08. The second kappa shape index (κ2) is 7.35. The monoisotopic (exact) mass is 293 g/mol. The van der Waals surface area contributed by atoms with Gasteiger partial charge in [-0.05, 0) is 25.2 Å². The average molecular weight is 293 g/mol. The summed E-state index contributed by atoms with van der Waals surface area (Å²) in [6, 6.07) is 4.69. The topological polar surface area (TPSA) is 39.7 Å². The molecule has 0 amide bonds. The minimum Gasteiger partial charge on any atom is -0.497 e. The summed E-state index contributed by atoms with van der Waals surface area (Å²) in [6.07, 6.45) is -4.34. The fourth-order valence-electron chi connectivity index (χ4n) is 1.73. The lowest BCUT2D eigenvalue weighted by Crippen LogP contribution is -2.26. The molecule has 0 saturated heterocycles. The number of methoxy groups -OCH3 is 2. The summed E-state index contributed by atoms with van der Waals surface area (Å²) in [5, 5.41) is 2.90. The van der Waals surface area contributed by atoms with Crippen LogP contribution in [0.25, 0.3) is 0 Å². The molecule has 0 heterocycles. The van der Waals surface area contributed by atoms with E-state index in [1.807, 2.05) is 0 Å². The van der Waals surface area contributed by atoms with Crippen molar-refractivity contribution in [1.82, 2.24) is 5.32 Å². The van der Waals surface area contributed by atoms with Crippen LogP contribution >= 0.6 is 0 Å². The van der Waals surface area contributed by atoms with Crippen molar-refractivity contribution in [1.29, 1.82) is 0 Å². The Morgan fingerprint density at radius 3 is 2.40 bits per heavy atom. The van der Waals surface area contributed by atoms with E-state index in [1.54, 1.807) is 25.2 Å². The third-order valence-corrected chi connectivity index (χ3v) is 2.71. The molecule has 114 valence electrons. The van der Waals surface area contributed by atoms with E-state index in [0.717, 1.165) is 0 Å². The van der Waals surface area contributed by atoms with Crippen LogP contribution in [0.4, 0.5) is 13.2 Å².